The Balaban J connectivity index is 2.84. The summed E-state index contributed by atoms with van der Waals surface area (Å²) in [5, 5.41) is 0. The fourth-order valence-corrected chi connectivity index (χ4v) is 1.01. The van der Waals surface area contributed by atoms with Crippen LogP contribution < -0.4 is 0 Å². The maximum absolute atomic E-state index is 10.0. The first-order chi connectivity index (χ1) is 5.38. The van der Waals surface area contributed by atoms with Crippen molar-refractivity contribution in [2.45, 2.75) is 13.3 Å². The molecule has 11 heavy (non-hydrogen) atoms. The second-order valence-corrected chi connectivity index (χ2v) is 2.28. The summed E-state index contributed by atoms with van der Waals surface area (Å²) in [6.07, 6.45) is 8.92. The largest absolute Gasteiger partial charge is 0.367 e. The number of H-pyrrole nitrogens is 1. The summed E-state index contributed by atoms with van der Waals surface area (Å²) >= 11 is 0. The summed E-state index contributed by atoms with van der Waals surface area (Å²) in [5.41, 5.74) is 2.34. The molecule has 0 unspecified atom stereocenters. The third-order valence-electron chi connectivity index (χ3n) is 1.60. The molecule has 2 heteroatoms. The lowest BCUT2D eigenvalue weighted by atomic mass is 10.1. The molecule has 0 fully saturated rings. The van der Waals surface area contributed by atoms with E-state index in [1.54, 1.807) is 0 Å². The van der Waals surface area contributed by atoms with Crippen molar-refractivity contribution >= 4 is 12.4 Å². The van der Waals surface area contributed by atoms with Gasteiger partial charge in [0.1, 0.15) is 6.29 Å². The number of allylic oxidation sites excluding steroid dienone is 1. The SMILES string of the molecule is CCc1c[nH]cc1C=CC=O. The van der Waals surface area contributed by atoms with Crippen molar-refractivity contribution in [3.63, 3.8) is 0 Å². The van der Waals surface area contributed by atoms with E-state index in [1.165, 1.54) is 11.6 Å². The van der Waals surface area contributed by atoms with Crippen LogP contribution in [0.15, 0.2) is 18.5 Å². The number of aromatic amines is 1. The van der Waals surface area contributed by atoms with Crippen LogP contribution in [0.1, 0.15) is 18.1 Å². The first-order valence-electron chi connectivity index (χ1n) is 3.66. The van der Waals surface area contributed by atoms with Crippen molar-refractivity contribution in [1.82, 2.24) is 4.98 Å². The van der Waals surface area contributed by atoms with Gasteiger partial charge in [-0.15, -0.1) is 0 Å². The number of carbonyl (C=O) groups excluding carboxylic acids is 1. The van der Waals surface area contributed by atoms with E-state index in [-0.39, 0.29) is 0 Å². The van der Waals surface area contributed by atoms with E-state index < -0.39 is 0 Å². The highest BCUT2D eigenvalue weighted by molar-refractivity contribution is 5.74. The molecular weight excluding hydrogens is 138 g/mol. The van der Waals surface area contributed by atoms with Gasteiger partial charge in [-0.05, 0) is 29.7 Å². The molecule has 0 aliphatic rings. The van der Waals surface area contributed by atoms with Gasteiger partial charge in [0.2, 0.25) is 0 Å². The average Bonchev–Trinajstić information content (AvgIpc) is 2.47. The lowest BCUT2D eigenvalue weighted by Gasteiger charge is -1.90. The third-order valence-corrected chi connectivity index (χ3v) is 1.60. The molecule has 58 valence electrons. The zero-order valence-corrected chi connectivity index (χ0v) is 6.50. The summed E-state index contributed by atoms with van der Waals surface area (Å²) in [4.78, 5) is 13.0. The quantitative estimate of drug-likeness (QED) is 0.515. The molecular formula is C9H11NO. The summed E-state index contributed by atoms with van der Waals surface area (Å²) in [5.74, 6) is 0. The zero-order chi connectivity index (χ0) is 8.10. The molecule has 0 bridgehead atoms. The number of hydrogen-bond acceptors (Lipinski definition) is 1. The van der Waals surface area contributed by atoms with E-state index in [1.807, 2.05) is 18.5 Å². The summed E-state index contributed by atoms with van der Waals surface area (Å²) in [6.45, 7) is 2.08. The van der Waals surface area contributed by atoms with Gasteiger partial charge in [0.05, 0.1) is 0 Å². The van der Waals surface area contributed by atoms with Gasteiger partial charge in [0.15, 0.2) is 0 Å². The van der Waals surface area contributed by atoms with Crippen molar-refractivity contribution in [2.24, 2.45) is 0 Å². The van der Waals surface area contributed by atoms with E-state index >= 15 is 0 Å². The normalized spacial score (nSPS) is 10.6. The highest BCUT2D eigenvalue weighted by atomic mass is 16.1. The standard InChI is InChI=1S/C9H11NO/c1-2-8-6-10-7-9(8)4-3-5-11/h3-7,10H,2H2,1H3. The van der Waals surface area contributed by atoms with E-state index in [4.69, 9.17) is 0 Å². The number of aromatic nitrogens is 1. The van der Waals surface area contributed by atoms with Crippen molar-refractivity contribution in [3.8, 4) is 0 Å². The zero-order valence-electron chi connectivity index (χ0n) is 6.50. The number of nitrogens with one attached hydrogen (secondary N) is 1. The molecule has 0 radical (unpaired) electrons. The molecule has 0 aromatic carbocycles. The maximum atomic E-state index is 10.0. The Morgan fingerprint density at radius 1 is 1.55 bits per heavy atom. The summed E-state index contributed by atoms with van der Waals surface area (Å²) in [7, 11) is 0. The monoisotopic (exact) mass is 149 g/mol. The molecule has 1 rings (SSSR count). The van der Waals surface area contributed by atoms with Gasteiger partial charge in [-0.1, -0.05) is 6.92 Å². The van der Waals surface area contributed by atoms with Crippen molar-refractivity contribution in [2.75, 3.05) is 0 Å². The molecule has 0 spiro atoms. The first kappa shape index (κ1) is 7.79. The second kappa shape index (κ2) is 3.76. The fraction of sp³-hybridized carbons (Fsp3) is 0.222. The molecule has 1 aromatic rings. The molecule has 1 heterocycles. The number of hydrogen-bond donors (Lipinski definition) is 1. The van der Waals surface area contributed by atoms with Gasteiger partial charge < -0.3 is 4.98 Å². The lowest BCUT2D eigenvalue weighted by molar-refractivity contribution is -0.104. The smallest absolute Gasteiger partial charge is 0.142 e. The van der Waals surface area contributed by atoms with Gasteiger partial charge in [-0.25, -0.2) is 0 Å². The Morgan fingerprint density at radius 3 is 3.00 bits per heavy atom. The molecule has 0 atom stereocenters. The Bertz CT molecular complexity index is 260. The van der Waals surface area contributed by atoms with Crippen LogP contribution in [0.4, 0.5) is 0 Å². The van der Waals surface area contributed by atoms with Crippen LogP contribution in [0, 0.1) is 0 Å². The predicted molar refractivity (Wildman–Crippen MR) is 45.3 cm³/mol. The van der Waals surface area contributed by atoms with Gasteiger partial charge in [0, 0.05) is 12.4 Å². The highest BCUT2D eigenvalue weighted by Gasteiger charge is 1.95. The van der Waals surface area contributed by atoms with E-state index in [0.29, 0.717) is 0 Å². The van der Waals surface area contributed by atoms with E-state index in [9.17, 15) is 4.79 Å². The highest BCUT2D eigenvalue weighted by Crippen LogP contribution is 2.09. The molecule has 0 saturated carbocycles. The van der Waals surface area contributed by atoms with Crippen molar-refractivity contribution in [3.05, 3.63) is 29.6 Å². The summed E-state index contributed by atoms with van der Waals surface area (Å²) in [6, 6.07) is 0. The van der Waals surface area contributed by atoms with Crippen LogP contribution in [0.25, 0.3) is 6.08 Å². The molecule has 1 N–H and O–H groups in total. The lowest BCUT2D eigenvalue weighted by Crippen LogP contribution is -1.77. The molecule has 1 aromatic heterocycles. The van der Waals surface area contributed by atoms with Gasteiger partial charge in [-0.3, -0.25) is 4.79 Å². The number of rotatable bonds is 3. The molecule has 2 nitrogen and oxygen atoms in total. The fourth-order valence-electron chi connectivity index (χ4n) is 1.01. The van der Waals surface area contributed by atoms with Crippen LogP contribution in [0.5, 0.6) is 0 Å². The van der Waals surface area contributed by atoms with Crippen molar-refractivity contribution in [1.29, 1.82) is 0 Å². The molecule has 0 saturated heterocycles. The molecule has 0 aliphatic carbocycles. The number of aryl methyl sites for hydroxylation is 1. The van der Waals surface area contributed by atoms with Gasteiger partial charge in [-0.2, -0.15) is 0 Å². The molecule has 0 aliphatic heterocycles. The molecule has 0 amide bonds. The first-order valence-corrected chi connectivity index (χ1v) is 3.66. The minimum absolute atomic E-state index is 0.784. The minimum atomic E-state index is 0.784. The maximum Gasteiger partial charge on any atom is 0.142 e. The Hall–Kier alpha value is -1.31. The Labute approximate surface area is 65.9 Å². The Kier molecular flexibility index (Phi) is 2.66. The van der Waals surface area contributed by atoms with Crippen LogP contribution in [-0.4, -0.2) is 11.3 Å². The van der Waals surface area contributed by atoms with E-state index in [2.05, 4.69) is 11.9 Å². The summed E-state index contributed by atoms with van der Waals surface area (Å²) < 4.78 is 0. The Morgan fingerprint density at radius 2 is 2.36 bits per heavy atom. The third kappa shape index (κ3) is 1.80. The van der Waals surface area contributed by atoms with Crippen LogP contribution in [0.2, 0.25) is 0 Å². The van der Waals surface area contributed by atoms with E-state index in [0.717, 1.165) is 18.3 Å². The van der Waals surface area contributed by atoms with Crippen molar-refractivity contribution < 1.29 is 4.79 Å². The predicted octanol–water partition coefficient (Wildman–Crippen LogP) is 1.79. The number of carbonyl (C=O) groups is 1. The van der Waals surface area contributed by atoms with Crippen LogP contribution in [0.3, 0.4) is 0 Å². The van der Waals surface area contributed by atoms with Crippen LogP contribution >= 0.6 is 0 Å². The van der Waals surface area contributed by atoms with Crippen LogP contribution in [-0.2, 0) is 11.2 Å². The number of aldehydes is 1. The van der Waals surface area contributed by atoms with Gasteiger partial charge in [0.25, 0.3) is 0 Å². The average molecular weight is 149 g/mol. The minimum Gasteiger partial charge on any atom is -0.367 e. The van der Waals surface area contributed by atoms with Gasteiger partial charge >= 0.3 is 0 Å². The second-order valence-electron chi connectivity index (χ2n) is 2.28. The topological polar surface area (TPSA) is 32.9 Å².